The number of hydrogen-bond acceptors (Lipinski definition) is 4. The second-order valence-electron chi connectivity index (χ2n) is 6.64. The maximum Gasteiger partial charge on any atom is 0.135 e. The van der Waals surface area contributed by atoms with Crippen LogP contribution in [0, 0.1) is 0 Å². The molecule has 0 radical (unpaired) electrons. The molecule has 3 aromatic carbocycles. The molecule has 0 spiro atoms. The molecule has 5 heteroatoms. The summed E-state index contributed by atoms with van der Waals surface area (Å²) in [4.78, 5) is 4.40. The van der Waals surface area contributed by atoms with E-state index in [2.05, 4.69) is 17.1 Å². The number of ether oxygens (including phenoxy) is 1. The zero-order valence-corrected chi connectivity index (χ0v) is 15.4. The van der Waals surface area contributed by atoms with Crippen LogP contribution >= 0.6 is 0 Å². The van der Waals surface area contributed by atoms with Gasteiger partial charge < -0.3 is 19.5 Å². The first kappa shape index (κ1) is 18.2. The summed E-state index contributed by atoms with van der Waals surface area (Å²) in [5.41, 5.74) is 3.96. The van der Waals surface area contributed by atoms with Crippen LogP contribution in [0.4, 0.5) is 0 Å². The second kappa shape index (κ2) is 8.25. The maximum absolute atomic E-state index is 10.4. The van der Waals surface area contributed by atoms with Crippen LogP contribution < -0.4 is 4.74 Å². The molecule has 4 aromatic rings. The SMILES string of the molecule is OCc1nc2ccccc2n1C[C@@H](O)COc1ccc(-c2ccccc2)cc1. The molecule has 28 heavy (non-hydrogen) atoms. The zero-order valence-electron chi connectivity index (χ0n) is 15.4. The Kier molecular flexibility index (Phi) is 5.37. The molecule has 0 aliphatic carbocycles. The van der Waals surface area contributed by atoms with E-state index in [1.165, 1.54) is 0 Å². The van der Waals surface area contributed by atoms with Gasteiger partial charge in [0.2, 0.25) is 0 Å². The molecule has 0 unspecified atom stereocenters. The zero-order chi connectivity index (χ0) is 19.3. The number of aliphatic hydroxyl groups is 2. The number of aliphatic hydroxyl groups excluding tert-OH is 2. The highest BCUT2D eigenvalue weighted by molar-refractivity contribution is 5.75. The number of fused-ring (bicyclic) bond motifs is 1. The summed E-state index contributed by atoms with van der Waals surface area (Å²) < 4.78 is 7.58. The first-order valence-electron chi connectivity index (χ1n) is 9.26. The van der Waals surface area contributed by atoms with Gasteiger partial charge in [0.05, 0.1) is 17.6 Å². The fraction of sp³-hybridized carbons (Fsp3) is 0.174. The Labute approximate surface area is 163 Å². The van der Waals surface area contributed by atoms with Crippen LogP contribution in [0.2, 0.25) is 0 Å². The third kappa shape index (κ3) is 3.91. The van der Waals surface area contributed by atoms with Crippen molar-refractivity contribution in [3.8, 4) is 16.9 Å². The summed E-state index contributed by atoms with van der Waals surface area (Å²) >= 11 is 0. The summed E-state index contributed by atoms with van der Waals surface area (Å²) in [5, 5.41) is 20.0. The smallest absolute Gasteiger partial charge is 0.135 e. The van der Waals surface area contributed by atoms with Gasteiger partial charge in [-0.05, 0) is 35.4 Å². The number of nitrogens with zero attached hydrogens (tertiary/aromatic N) is 2. The lowest BCUT2D eigenvalue weighted by Gasteiger charge is -2.15. The molecule has 0 aliphatic rings. The Hall–Kier alpha value is -3.15. The largest absolute Gasteiger partial charge is 0.491 e. The first-order chi connectivity index (χ1) is 13.7. The van der Waals surface area contributed by atoms with E-state index in [4.69, 9.17) is 4.74 Å². The van der Waals surface area contributed by atoms with Crippen LogP contribution in [0.5, 0.6) is 5.75 Å². The quantitative estimate of drug-likeness (QED) is 0.518. The van der Waals surface area contributed by atoms with Crippen molar-refractivity contribution in [2.75, 3.05) is 6.61 Å². The molecule has 0 bridgehead atoms. The predicted molar refractivity (Wildman–Crippen MR) is 109 cm³/mol. The maximum atomic E-state index is 10.4. The van der Waals surface area contributed by atoms with Crippen molar-refractivity contribution in [3.05, 3.63) is 84.7 Å². The van der Waals surface area contributed by atoms with Crippen LogP contribution in [-0.2, 0) is 13.2 Å². The first-order valence-corrected chi connectivity index (χ1v) is 9.26. The fourth-order valence-electron chi connectivity index (χ4n) is 3.28. The van der Waals surface area contributed by atoms with E-state index in [9.17, 15) is 10.2 Å². The minimum atomic E-state index is -0.725. The Morgan fingerprint density at radius 2 is 1.54 bits per heavy atom. The lowest BCUT2D eigenvalue weighted by molar-refractivity contribution is 0.0915. The number of rotatable bonds is 7. The van der Waals surface area contributed by atoms with Crippen LogP contribution in [0.25, 0.3) is 22.2 Å². The lowest BCUT2D eigenvalue weighted by Crippen LogP contribution is -2.24. The molecule has 1 heterocycles. The molecule has 1 atom stereocenters. The average molecular weight is 374 g/mol. The minimum Gasteiger partial charge on any atom is -0.491 e. The number of benzene rings is 3. The minimum absolute atomic E-state index is 0.155. The fourth-order valence-corrected chi connectivity index (χ4v) is 3.28. The van der Waals surface area contributed by atoms with E-state index in [1.807, 2.05) is 71.3 Å². The molecule has 0 amide bonds. The average Bonchev–Trinajstić information content (AvgIpc) is 3.11. The summed E-state index contributed by atoms with van der Waals surface area (Å²) in [7, 11) is 0. The van der Waals surface area contributed by atoms with Gasteiger partial charge >= 0.3 is 0 Å². The lowest BCUT2D eigenvalue weighted by atomic mass is 10.1. The summed E-state index contributed by atoms with van der Waals surface area (Å²) in [6.45, 7) is 0.282. The van der Waals surface area contributed by atoms with Crippen molar-refractivity contribution in [2.24, 2.45) is 0 Å². The Balaban J connectivity index is 1.40. The molecular weight excluding hydrogens is 352 g/mol. The topological polar surface area (TPSA) is 67.5 Å². The normalized spacial score (nSPS) is 12.2. The van der Waals surface area contributed by atoms with E-state index in [0.29, 0.717) is 18.1 Å². The number of hydrogen-bond donors (Lipinski definition) is 2. The van der Waals surface area contributed by atoms with E-state index in [-0.39, 0.29) is 13.2 Å². The highest BCUT2D eigenvalue weighted by atomic mass is 16.5. The van der Waals surface area contributed by atoms with Gasteiger partial charge in [-0.3, -0.25) is 0 Å². The van der Waals surface area contributed by atoms with Crippen molar-refractivity contribution >= 4 is 11.0 Å². The van der Waals surface area contributed by atoms with Crippen molar-refractivity contribution in [1.29, 1.82) is 0 Å². The third-order valence-corrected chi connectivity index (χ3v) is 4.67. The van der Waals surface area contributed by atoms with Gasteiger partial charge in [-0.25, -0.2) is 4.98 Å². The molecule has 1 aromatic heterocycles. The van der Waals surface area contributed by atoms with Crippen LogP contribution in [0.3, 0.4) is 0 Å². The highest BCUT2D eigenvalue weighted by Crippen LogP contribution is 2.22. The summed E-state index contributed by atoms with van der Waals surface area (Å²) in [5.74, 6) is 1.24. The molecule has 0 fully saturated rings. The molecular formula is C23H22N2O3. The molecule has 0 saturated carbocycles. The standard InChI is InChI=1S/C23H22N2O3/c26-15-23-24-21-8-4-5-9-22(21)25(23)14-19(27)16-28-20-12-10-18(11-13-20)17-6-2-1-3-7-17/h1-13,19,26-27H,14-16H2/t19-/m1/s1. The van der Waals surface area contributed by atoms with Crippen molar-refractivity contribution < 1.29 is 14.9 Å². The van der Waals surface area contributed by atoms with Gasteiger partial charge in [0.25, 0.3) is 0 Å². The number of aromatic nitrogens is 2. The van der Waals surface area contributed by atoms with Crippen molar-refractivity contribution in [1.82, 2.24) is 9.55 Å². The van der Waals surface area contributed by atoms with Crippen molar-refractivity contribution in [2.45, 2.75) is 19.3 Å². The van der Waals surface area contributed by atoms with E-state index < -0.39 is 6.10 Å². The Bertz CT molecular complexity index is 1040. The Morgan fingerprint density at radius 1 is 0.857 bits per heavy atom. The van der Waals surface area contributed by atoms with Gasteiger partial charge in [-0.1, -0.05) is 54.6 Å². The monoisotopic (exact) mass is 374 g/mol. The second-order valence-corrected chi connectivity index (χ2v) is 6.64. The molecule has 4 rings (SSSR count). The molecule has 0 aliphatic heterocycles. The predicted octanol–water partition coefficient (Wildman–Crippen LogP) is 3.64. The van der Waals surface area contributed by atoms with E-state index in [1.54, 1.807) is 0 Å². The van der Waals surface area contributed by atoms with E-state index >= 15 is 0 Å². The molecule has 5 nitrogen and oxygen atoms in total. The summed E-state index contributed by atoms with van der Waals surface area (Å²) in [6, 6.07) is 25.6. The number of para-hydroxylation sites is 2. The van der Waals surface area contributed by atoms with Gasteiger partial charge in [0.1, 0.15) is 30.9 Å². The Morgan fingerprint density at radius 3 is 2.29 bits per heavy atom. The van der Waals surface area contributed by atoms with E-state index in [0.717, 1.165) is 22.2 Å². The van der Waals surface area contributed by atoms with Crippen LogP contribution in [-0.4, -0.2) is 32.5 Å². The molecule has 142 valence electrons. The van der Waals surface area contributed by atoms with Gasteiger partial charge in [0.15, 0.2) is 0 Å². The molecule has 0 saturated heterocycles. The van der Waals surface area contributed by atoms with Crippen LogP contribution in [0.15, 0.2) is 78.9 Å². The third-order valence-electron chi connectivity index (χ3n) is 4.67. The highest BCUT2D eigenvalue weighted by Gasteiger charge is 2.14. The van der Waals surface area contributed by atoms with Gasteiger partial charge in [-0.15, -0.1) is 0 Å². The number of imidazole rings is 1. The van der Waals surface area contributed by atoms with Crippen molar-refractivity contribution in [3.63, 3.8) is 0 Å². The van der Waals surface area contributed by atoms with Gasteiger partial charge in [-0.2, -0.15) is 0 Å². The molecule has 2 N–H and O–H groups in total. The summed E-state index contributed by atoms with van der Waals surface area (Å²) in [6.07, 6.45) is -0.725. The van der Waals surface area contributed by atoms with Crippen LogP contribution in [0.1, 0.15) is 5.82 Å². The van der Waals surface area contributed by atoms with Gasteiger partial charge in [0, 0.05) is 0 Å².